The second kappa shape index (κ2) is 5.30. The highest BCUT2D eigenvalue weighted by atomic mass is 32.2. The third-order valence-corrected chi connectivity index (χ3v) is 6.57. The van der Waals surface area contributed by atoms with Gasteiger partial charge in [0.1, 0.15) is 5.82 Å². The molecule has 0 spiro atoms. The van der Waals surface area contributed by atoms with E-state index in [-0.39, 0.29) is 23.0 Å². The molecule has 2 rings (SSSR count). The quantitative estimate of drug-likeness (QED) is 0.929. The predicted molar refractivity (Wildman–Crippen MR) is 86.0 cm³/mol. The summed E-state index contributed by atoms with van der Waals surface area (Å²) < 4.78 is 25.0. The zero-order valence-electron chi connectivity index (χ0n) is 13.7. The number of hydrogen-bond acceptors (Lipinski definition) is 4. The Bertz CT molecular complexity index is 626. The molecule has 0 amide bonds. The van der Waals surface area contributed by atoms with E-state index in [0.29, 0.717) is 18.2 Å². The Labute approximate surface area is 127 Å². The van der Waals surface area contributed by atoms with Crippen LogP contribution in [0.25, 0.3) is 0 Å². The molecule has 1 aliphatic heterocycles. The summed E-state index contributed by atoms with van der Waals surface area (Å²) in [5, 5.41) is 4.64. The fourth-order valence-corrected chi connectivity index (χ4v) is 4.31. The number of nitrogens with two attached hydrogens (primary N) is 1. The van der Waals surface area contributed by atoms with Crippen molar-refractivity contribution in [3.63, 3.8) is 0 Å². The molecule has 0 radical (unpaired) electrons. The zero-order valence-corrected chi connectivity index (χ0v) is 14.5. The van der Waals surface area contributed by atoms with Crippen molar-refractivity contribution in [2.24, 2.45) is 11.3 Å². The van der Waals surface area contributed by atoms with Crippen molar-refractivity contribution in [1.29, 1.82) is 0 Å². The lowest BCUT2D eigenvalue weighted by molar-refractivity contribution is 0.257. The van der Waals surface area contributed by atoms with E-state index in [2.05, 4.69) is 32.8 Å². The van der Waals surface area contributed by atoms with Gasteiger partial charge in [-0.3, -0.25) is 0 Å². The van der Waals surface area contributed by atoms with Gasteiger partial charge in [0.05, 0.1) is 23.2 Å². The molecular formula is C15H27N3O2S. The standard InChI is InChI=1S/C15H27N3O2S/c1-10(15(3,4)5)8-13-11(2)14(16)18(17-13)12-6-7-21(19,20)9-12/h10,12H,6-9,16H2,1-5H3. The first-order valence-corrected chi connectivity index (χ1v) is 9.37. The van der Waals surface area contributed by atoms with Crippen molar-refractivity contribution in [1.82, 2.24) is 9.78 Å². The number of sulfone groups is 1. The van der Waals surface area contributed by atoms with Crippen LogP contribution >= 0.6 is 0 Å². The monoisotopic (exact) mass is 313 g/mol. The second-order valence-electron chi connectivity index (χ2n) is 7.43. The molecule has 2 atom stereocenters. The number of anilines is 1. The molecule has 1 fully saturated rings. The van der Waals surface area contributed by atoms with Gasteiger partial charge in [0.15, 0.2) is 9.84 Å². The van der Waals surface area contributed by atoms with E-state index < -0.39 is 9.84 Å². The lowest BCUT2D eigenvalue weighted by Crippen LogP contribution is -2.20. The van der Waals surface area contributed by atoms with Crippen molar-refractivity contribution in [3.8, 4) is 0 Å². The number of nitrogen functional groups attached to an aromatic ring is 1. The number of rotatable bonds is 3. The highest BCUT2D eigenvalue weighted by molar-refractivity contribution is 7.91. The SMILES string of the molecule is Cc1c(CC(C)C(C)(C)C)nn(C2CCS(=O)(=O)C2)c1N. The highest BCUT2D eigenvalue weighted by Gasteiger charge is 2.32. The van der Waals surface area contributed by atoms with E-state index in [9.17, 15) is 8.42 Å². The Kier molecular flexibility index (Phi) is 4.12. The molecule has 2 unspecified atom stereocenters. The van der Waals surface area contributed by atoms with Gasteiger partial charge in [-0.05, 0) is 31.1 Å². The molecule has 0 aliphatic carbocycles. The summed E-state index contributed by atoms with van der Waals surface area (Å²) in [6, 6.07) is -0.104. The van der Waals surface area contributed by atoms with Gasteiger partial charge >= 0.3 is 0 Å². The van der Waals surface area contributed by atoms with Crippen molar-refractivity contribution in [2.45, 2.75) is 53.5 Å². The van der Waals surface area contributed by atoms with Crippen molar-refractivity contribution in [3.05, 3.63) is 11.3 Å². The fraction of sp³-hybridized carbons (Fsp3) is 0.800. The Morgan fingerprint density at radius 2 is 2.05 bits per heavy atom. The number of hydrogen-bond donors (Lipinski definition) is 1. The minimum Gasteiger partial charge on any atom is -0.384 e. The van der Waals surface area contributed by atoms with Crippen LogP contribution in [0, 0.1) is 18.3 Å². The minimum atomic E-state index is -2.93. The molecule has 0 bridgehead atoms. The Morgan fingerprint density at radius 3 is 2.52 bits per heavy atom. The smallest absolute Gasteiger partial charge is 0.152 e. The molecule has 21 heavy (non-hydrogen) atoms. The van der Waals surface area contributed by atoms with Gasteiger partial charge in [0.2, 0.25) is 0 Å². The molecule has 0 aromatic carbocycles. The van der Waals surface area contributed by atoms with E-state index in [1.807, 2.05) is 6.92 Å². The maximum absolute atomic E-state index is 11.6. The maximum Gasteiger partial charge on any atom is 0.152 e. The lowest BCUT2D eigenvalue weighted by Gasteiger charge is -2.26. The molecular weight excluding hydrogens is 286 g/mol. The van der Waals surface area contributed by atoms with Gasteiger partial charge in [-0.15, -0.1) is 0 Å². The van der Waals surface area contributed by atoms with E-state index >= 15 is 0 Å². The Hall–Kier alpha value is -1.04. The summed E-state index contributed by atoms with van der Waals surface area (Å²) in [5.41, 5.74) is 8.37. The summed E-state index contributed by atoms with van der Waals surface area (Å²) >= 11 is 0. The van der Waals surface area contributed by atoms with Crippen molar-refractivity contribution < 1.29 is 8.42 Å². The first-order valence-electron chi connectivity index (χ1n) is 7.55. The molecule has 5 nitrogen and oxygen atoms in total. The third kappa shape index (κ3) is 3.42. The Morgan fingerprint density at radius 1 is 1.43 bits per heavy atom. The third-order valence-electron chi connectivity index (χ3n) is 4.82. The van der Waals surface area contributed by atoms with Crippen LogP contribution in [0.3, 0.4) is 0 Å². The minimum absolute atomic E-state index is 0.104. The average molecular weight is 313 g/mol. The summed E-state index contributed by atoms with van der Waals surface area (Å²) in [7, 11) is -2.93. The van der Waals surface area contributed by atoms with Gasteiger partial charge in [-0.25, -0.2) is 13.1 Å². The molecule has 1 aromatic heterocycles. The highest BCUT2D eigenvalue weighted by Crippen LogP contribution is 2.32. The van der Waals surface area contributed by atoms with Crippen LogP contribution in [-0.4, -0.2) is 29.7 Å². The first kappa shape index (κ1) is 16.3. The molecule has 1 aromatic rings. The topological polar surface area (TPSA) is 78.0 Å². The molecule has 0 saturated carbocycles. The fourth-order valence-electron chi connectivity index (χ4n) is 2.62. The van der Waals surface area contributed by atoms with Crippen LogP contribution in [-0.2, 0) is 16.3 Å². The molecule has 1 saturated heterocycles. The second-order valence-corrected chi connectivity index (χ2v) is 9.66. The molecule has 6 heteroatoms. The first-order chi connectivity index (χ1) is 9.51. The van der Waals surface area contributed by atoms with Gasteiger partial charge in [-0.1, -0.05) is 27.7 Å². The van der Waals surface area contributed by atoms with E-state index in [0.717, 1.165) is 17.7 Å². The Balaban J connectivity index is 2.25. The van der Waals surface area contributed by atoms with Crippen LogP contribution in [0.5, 0.6) is 0 Å². The summed E-state index contributed by atoms with van der Waals surface area (Å²) in [5.74, 6) is 1.50. The number of aromatic nitrogens is 2. The van der Waals surface area contributed by atoms with Crippen LogP contribution < -0.4 is 5.73 Å². The average Bonchev–Trinajstić information content (AvgIpc) is 2.82. The van der Waals surface area contributed by atoms with Crippen molar-refractivity contribution >= 4 is 15.7 Å². The van der Waals surface area contributed by atoms with E-state index in [1.165, 1.54) is 0 Å². The molecule has 1 aliphatic rings. The summed E-state index contributed by atoms with van der Waals surface area (Å²) in [6.07, 6.45) is 1.48. The lowest BCUT2D eigenvalue weighted by atomic mass is 9.79. The predicted octanol–water partition coefficient (Wildman–Crippen LogP) is 2.36. The molecule has 120 valence electrons. The van der Waals surface area contributed by atoms with Crippen LogP contribution in [0.1, 0.15) is 51.4 Å². The molecule has 2 heterocycles. The van der Waals surface area contributed by atoms with Gasteiger partial charge in [0, 0.05) is 5.56 Å². The van der Waals surface area contributed by atoms with Gasteiger partial charge in [-0.2, -0.15) is 5.10 Å². The van der Waals surface area contributed by atoms with Gasteiger partial charge < -0.3 is 5.73 Å². The maximum atomic E-state index is 11.6. The largest absolute Gasteiger partial charge is 0.384 e. The van der Waals surface area contributed by atoms with Crippen LogP contribution in [0.2, 0.25) is 0 Å². The summed E-state index contributed by atoms with van der Waals surface area (Å²) in [4.78, 5) is 0. The summed E-state index contributed by atoms with van der Waals surface area (Å²) in [6.45, 7) is 10.9. The van der Waals surface area contributed by atoms with Crippen LogP contribution in [0.4, 0.5) is 5.82 Å². The molecule has 2 N–H and O–H groups in total. The van der Waals surface area contributed by atoms with E-state index in [1.54, 1.807) is 4.68 Å². The number of nitrogens with zero attached hydrogens (tertiary/aromatic N) is 2. The normalized spacial score (nSPS) is 23.4. The van der Waals surface area contributed by atoms with Crippen LogP contribution in [0.15, 0.2) is 0 Å². The van der Waals surface area contributed by atoms with Crippen molar-refractivity contribution in [2.75, 3.05) is 17.2 Å². The van der Waals surface area contributed by atoms with Gasteiger partial charge in [0.25, 0.3) is 0 Å². The van der Waals surface area contributed by atoms with E-state index in [4.69, 9.17) is 5.73 Å². The zero-order chi connectivity index (χ0) is 16.0.